The lowest BCUT2D eigenvalue weighted by Gasteiger charge is -2.06. The molecule has 68 valence electrons. The maximum Gasteiger partial charge on any atom is 0.478 e. The van der Waals surface area contributed by atoms with Crippen molar-refractivity contribution >= 4 is 9.53 Å². The summed E-state index contributed by atoms with van der Waals surface area (Å²) in [5, 5.41) is 0. The van der Waals surface area contributed by atoms with Crippen molar-refractivity contribution < 1.29 is 27.2 Å². The first-order chi connectivity index (χ1) is 4.92. The summed E-state index contributed by atoms with van der Waals surface area (Å²) in [6.45, 7) is -0.247. The van der Waals surface area contributed by atoms with E-state index in [2.05, 4.69) is 4.43 Å². The predicted octanol–water partition coefficient (Wildman–Crippen LogP) is 0.0473. The summed E-state index contributed by atoms with van der Waals surface area (Å²) in [6.07, 6.45) is -5.37. The van der Waals surface area contributed by atoms with Gasteiger partial charge in [0.05, 0.1) is 0 Å². The van der Waals surface area contributed by atoms with Gasteiger partial charge in [0.1, 0.15) is 0 Å². The van der Waals surface area contributed by atoms with Gasteiger partial charge >= 0.3 is 15.7 Å². The van der Waals surface area contributed by atoms with Gasteiger partial charge in [-0.05, 0) is 6.42 Å². The Balaban J connectivity index is 3.15. The minimum atomic E-state index is -4.19. The second kappa shape index (κ2) is 4.70. The van der Waals surface area contributed by atoms with Gasteiger partial charge < -0.3 is 14.0 Å². The molecule has 3 nitrogen and oxygen atoms in total. The van der Waals surface area contributed by atoms with Gasteiger partial charge in [0.25, 0.3) is 0 Å². The molecule has 0 aromatic rings. The molecule has 0 aromatic heterocycles. The van der Waals surface area contributed by atoms with Crippen molar-refractivity contribution in [3.63, 3.8) is 0 Å². The molecule has 7 heteroatoms. The van der Waals surface area contributed by atoms with E-state index in [4.69, 9.17) is 9.59 Å². The van der Waals surface area contributed by atoms with Crippen LogP contribution in [0.5, 0.6) is 0 Å². The lowest BCUT2D eigenvalue weighted by Crippen LogP contribution is -2.18. The van der Waals surface area contributed by atoms with E-state index >= 15 is 0 Å². The van der Waals surface area contributed by atoms with Crippen LogP contribution in [0.1, 0.15) is 12.8 Å². The highest BCUT2D eigenvalue weighted by atomic mass is 28.3. The molecule has 0 aliphatic heterocycles. The minimum Gasteiger partial charge on any atom is -0.392 e. The smallest absolute Gasteiger partial charge is 0.392 e. The van der Waals surface area contributed by atoms with E-state index in [0.717, 1.165) is 0 Å². The van der Waals surface area contributed by atoms with Crippen LogP contribution in [0.2, 0.25) is 0 Å². The Morgan fingerprint density at radius 2 is 1.82 bits per heavy atom. The molecule has 0 saturated heterocycles. The van der Waals surface area contributed by atoms with E-state index < -0.39 is 22.1 Å². The molecule has 0 spiro atoms. The quantitative estimate of drug-likeness (QED) is 0.486. The van der Waals surface area contributed by atoms with Gasteiger partial charge in [-0.15, -0.1) is 0 Å². The van der Waals surface area contributed by atoms with Gasteiger partial charge in [0, 0.05) is 13.0 Å². The van der Waals surface area contributed by atoms with E-state index in [1.807, 2.05) is 0 Å². The number of rotatable bonds is 4. The van der Waals surface area contributed by atoms with Crippen LogP contribution in [0.4, 0.5) is 13.2 Å². The summed E-state index contributed by atoms with van der Waals surface area (Å²) in [4.78, 5) is 16.3. The molecule has 0 aliphatic carbocycles. The summed E-state index contributed by atoms with van der Waals surface area (Å²) >= 11 is 0. The SMILES string of the molecule is O[SiH](O)OCCCC(F)(F)F. The van der Waals surface area contributed by atoms with Crippen molar-refractivity contribution in [2.75, 3.05) is 6.61 Å². The van der Waals surface area contributed by atoms with Gasteiger partial charge in [0.2, 0.25) is 0 Å². The average Bonchev–Trinajstić information content (AvgIpc) is 1.78. The highest BCUT2D eigenvalue weighted by molar-refractivity contribution is 6.32. The molecule has 0 radical (unpaired) electrons. The van der Waals surface area contributed by atoms with E-state index in [1.165, 1.54) is 0 Å². The van der Waals surface area contributed by atoms with Gasteiger partial charge in [-0.3, -0.25) is 0 Å². The van der Waals surface area contributed by atoms with Crippen molar-refractivity contribution in [2.45, 2.75) is 19.0 Å². The van der Waals surface area contributed by atoms with Crippen LogP contribution in [0.3, 0.4) is 0 Å². The van der Waals surface area contributed by atoms with Crippen LogP contribution in [-0.2, 0) is 4.43 Å². The van der Waals surface area contributed by atoms with Crippen LogP contribution in [0.15, 0.2) is 0 Å². The third-order valence-corrected chi connectivity index (χ3v) is 1.41. The lowest BCUT2D eigenvalue weighted by atomic mass is 10.3. The van der Waals surface area contributed by atoms with Gasteiger partial charge in [-0.25, -0.2) is 0 Å². The maximum absolute atomic E-state index is 11.4. The Kier molecular flexibility index (Phi) is 4.65. The van der Waals surface area contributed by atoms with Gasteiger partial charge in [-0.2, -0.15) is 13.2 Å². The topological polar surface area (TPSA) is 49.7 Å². The predicted molar refractivity (Wildman–Crippen MR) is 32.8 cm³/mol. The van der Waals surface area contributed by atoms with E-state index in [9.17, 15) is 13.2 Å². The lowest BCUT2D eigenvalue weighted by molar-refractivity contribution is -0.137. The van der Waals surface area contributed by atoms with Crippen LogP contribution >= 0.6 is 0 Å². The second-order valence-corrected chi connectivity index (χ2v) is 2.90. The number of hydrogen-bond acceptors (Lipinski definition) is 3. The van der Waals surface area contributed by atoms with E-state index in [1.54, 1.807) is 0 Å². The summed E-state index contributed by atoms with van der Waals surface area (Å²) in [7, 11) is -3.12. The molecule has 0 unspecified atom stereocenters. The molecular weight excluding hydrogens is 181 g/mol. The Hall–Kier alpha value is -0.113. The monoisotopic (exact) mass is 190 g/mol. The van der Waals surface area contributed by atoms with Crippen LogP contribution in [0, 0.1) is 0 Å². The second-order valence-electron chi connectivity index (χ2n) is 1.92. The van der Waals surface area contributed by atoms with Crippen molar-refractivity contribution in [2.24, 2.45) is 0 Å². The zero-order valence-electron chi connectivity index (χ0n) is 5.64. The molecule has 0 atom stereocenters. The maximum atomic E-state index is 11.4. The molecule has 0 aliphatic rings. The molecule has 0 heterocycles. The fraction of sp³-hybridized carbons (Fsp3) is 1.00. The van der Waals surface area contributed by atoms with Crippen molar-refractivity contribution in [3.05, 3.63) is 0 Å². The molecule has 0 amide bonds. The van der Waals surface area contributed by atoms with Gasteiger partial charge in [0.15, 0.2) is 0 Å². The Morgan fingerprint density at radius 3 is 2.18 bits per heavy atom. The van der Waals surface area contributed by atoms with E-state index in [-0.39, 0.29) is 13.0 Å². The normalized spacial score (nSPS) is 12.5. The van der Waals surface area contributed by atoms with Crippen molar-refractivity contribution in [1.29, 1.82) is 0 Å². The fourth-order valence-electron chi connectivity index (χ4n) is 0.461. The average molecular weight is 190 g/mol. The molecule has 11 heavy (non-hydrogen) atoms. The highest BCUT2D eigenvalue weighted by Crippen LogP contribution is 2.20. The Morgan fingerprint density at radius 1 is 1.27 bits per heavy atom. The number of halogens is 3. The first-order valence-electron chi connectivity index (χ1n) is 2.96. The van der Waals surface area contributed by atoms with Gasteiger partial charge in [-0.1, -0.05) is 0 Å². The molecule has 0 rings (SSSR count). The van der Waals surface area contributed by atoms with Crippen molar-refractivity contribution in [3.8, 4) is 0 Å². The first-order valence-corrected chi connectivity index (χ1v) is 4.47. The third-order valence-electron chi connectivity index (χ3n) is 0.872. The summed E-state index contributed by atoms with van der Waals surface area (Å²) in [5.41, 5.74) is 0. The third kappa shape index (κ3) is 9.89. The standard InChI is InChI=1S/C4H9F3O3Si/c5-4(6,7)2-1-3-10-11(8)9/h8-9,11H,1-3H2. The largest absolute Gasteiger partial charge is 0.478 e. The van der Waals surface area contributed by atoms with Crippen molar-refractivity contribution in [1.82, 2.24) is 0 Å². The zero-order chi connectivity index (χ0) is 8.91. The zero-order valence-corrected chi connectivity index (χ0v) is 6.79. The fourth-order valence-corrected chi connectivity index (χ4v) is 0.839. The summed E-state index contributed by atoms with van der Waals surface area (Å²) < 4.78 is 38.4. The van der Waals surface area contributed by atoms with Crippen LogP contribution < -0.4 is 0 Å². The first kappa shape index (κ1) is 10.9. The summed E-state index contributed by atoms with van der Waals surface area (Å²) in [6, 6.07) is 0. The molecule has 0 bridgehead atoms. The molecule has 0 fully saturated rings. The minimum absolute atomic E-state index is 0.228. The molecular formula is C4H9F3O3Si. The van der Waals surface area contributed by atoms with Crippen LogP contribution in [-0.4, -0.2) is 31.9 Å². The van der Waals surface area contributed by atoms with Crippen LogP contribution in [0.25, 0.3) is 0 Å². The van der Waals surface area contributed by atoms with E-state index in [0.29, 0.717) is 0 Å². The Bertz CT molecular complexity index is 105. The molecule has 0 aromatic carbocycles. The number of alkyl halides is 3. The molecule has 2 N–H and O–H groups in total. The summed E-state index contributed by atoms with van der Waals surface area (Å²) in [5.74, 6) is 0. The highest BCUT2D eigenvalue weighted by Gasteiger charge is 2.26. The number of hydrogen-bond donors (Lipinski definition) is 2. The Labute approximate surface area is 63.4 Å². The molecule has 0 saturated carbocycles.